The van der Waals surface area contributed by atoms with E-state index < -0.39 is 5.82 Å². The molecule has 28 heavy (non-hydrogen) atoms. The average Bonchev–Trinajstić information content (AvgIpc) is 3.29. The van der Waals surface area contributed by atoms with E-state index in [-0.39, 0.29) is 24.3 Å². The first-order valence-electron chi connectivity index (χ1n) is 9.39. The van der Waals surface area contributed by atoms with Crippen molar-refractivity contribution in [2.24, 2.45) is 7.05 Å². The van der Waals surface area contributed by atoms with Crippen LogP contribution in [0.5, 0.6) is 0 Å². The number of pyridine rings is 1. The molecule has 8 heteroatoms. The molecule has 2 aromatic heterocycles. The number of anilines is 1. The van der Waals surface area contributed by atoms with E-state index in [1.165, 1.54) is 0 Å². The fraction of sp³-hybridized carbons (Fsp3) is 0.450. The molecular weight excluding hydrogens is 359 g/mol. The molecule has 1 unspecified atom stereocenters. The molecular formula is C20H23FN6O. The molecule has 0 bridgehead atoms. The second kappa shape index (κ2) is 7.15. The van der Waals surface area contributed by atoms with E-state index in [9.17, 15) is 4.79 Å². The minimum atomic E-state index is -0.429. The van der Waals surface area contributed by atoms with Crippen LogP contribution >= 0.6 is 0 Å². The second-order valence-electron chi connectivity index (χ2n) is 7.25. The van der Waals surface area contributed by atoms with Gasteiger partial charge in [-0.15, -0.1) is 0 Å². The average molecular weight is 382 g/mol. The number of hydrogen-bond donors (Lipinski definition) is 1. The third-order valence-electron chi connectivity index (χ3n) is 5.40. The number of aryl methyl sites for hydroxylation is 1. The summed E-state index contributed by atoms with van der Waals surface area (Å²) in [7, 11) is 3.66. The highest BCUT2D eigenvalue weighted by atomic mass is 19.1. The summed E-state index contributed by atoms with van der Waals surface area (Å²) in [6.07, 6.45) is 5.37. The highest BCUT2D eigenvalue weighted by Gasteiger charge is 2.33. The monoisotopic (exact) mass is 382 g/mol. The van der Waals surface area contributed by atoms with Gasteiger partial charge in [0, 0.05) is 63.1 Å². The minimum Gasteiger partial charge on any atom is -0.352 e. The number of nitrogens with one attached hydrogen (secondary N) is 1. The summed E-state index contributed by atoms with van der Waals surface area (Å²) in [6.45, 7) is 3.65. The zero-order chi connectivity index (χ0) is 19.8. The number of rotatable bonds is 3. The highest BCUT2D eigenvalue weighted by molar-refractivity contribution is 6.04. The van der Waals surface area contributed by atoms with Crippen molar-refractivity contribution in [3.63, 3.8) is 0 Å². The molecule has 2 aliphatic heterocycles. The first-order valence-corrected chi connectivity index (χ1v) is 9.39. The van der Waals surface area contributed by atoms with Gasteiger partial charge in [0.05, 0.1) is 17.5 Å². The largest absolute Gasteiger partial charge is 0.352 e. The summed E-state index contributed by atoms with van der Waals surface area (Å²) in [5.74, 6) is 2.48. The van der Waals surface area contributed by atoms with Crippen LogP contribution in [0.1, 0.15) is 35.7 Å². The Morgan fingerprint density at radius 2 is 2.25 bits per heavy atom. The van der Waals surface area contributed by atoms with Gasteiger partial charge in [0.1, 0.15) is 0 Å². The van der Waals surface area contributed by atoms with Gasteiger partial charge in [-0.1, -0.05) is 5.92 Å². The quantitative estimate of drug-likeness (QED) is 0.820. The van der Waals surface area contributed by atoms with Crippen LogP contribution in [0.25, 0.3) is 11.3 Å². The van der Waals surface area contributed by atoms with E-state index in [1.54, 1.807) is 24.1 Å². The lowest BCUT2D eigenvalue weighted by Crippen LogP contribution is -2.45. The third kappa shape index (κ3) is 3.07. The maximum absolute atomic E-state index is 15.3. The summed E-state index contributed by atoms with van der Waals surface area (Å²) >= 11 is 0. The van der Waals surface area contributed by atoms with Gasteiger partial charge >= 0.3 is 0 Å². The van der Waals surface area contributed by atoms with E-state index in [0.29, 0.717) is 22.4 Å². The van der Waals surface area contributed by atoms with Crippen LogP contribution in [0, 0.1) is 17.8 Å². The smallest absolute Gasteiger partial charge is 0.254 e. The molecule has 1 atom stereocenters. The number of likely N-dealkylation sites (N-methyl/N-ethyl adjacent to an activating group) is 1. The molecule has 7 nitrogen and oxygen atoms in total. The number of piperidine rings is 1. The molecule has 2 aliphatic rings. The zero-order valence-electron chi connectivity index (χ0n) is 16.3. The van der Waals surface area contributed by atoms with Crippen LogP contribution in [-0.2, 0) is 13.6 Å². The van der Waals surface area contributed by atoms with Gasteiger partial charge in [-0.25, -0.2) is 9.37 Å². The van der Waals surface area contributed by atoms with Crippen molar-refractivity contribution >= 4 is 11.7 Å². The molecule has 0 saturated carbocycles. The molecule has 1 N–H and O–H groups in total. The number of carbonyl (C=O) groups excluding carboxylic acids is 1. The Balaban J connectivity index is 1.77. The highest BCUT2D eigenvalue weighted by Crippen LogP contribution is 2.34. The summed E-state index contributed by atoms with van der Waals surface area (Å²) in [6, 6.07) is 3.20. The fourth-order valence-electron chi connectivity index (χ4n) is 3.96. The first kappa shape index (κ1) is 18.3. The first-order chi connectivity index (χ1) is 13.5. The lowest BCUT2D eigenvalue weighted by molar-refractivity contribution is 0.0966. The Morgan fingerprint density at radius 3 is 2.96 bits per heavy atom. The number of carbonyl (C=O) groups is 1. The number of halogens is 1. The lowest BCUT2D eigenvalue weighted by atomic mass is 10.0. The second-order valence-corrected chi connectivity index (χ2v) is 7.25. The van der Waals surface area contributed by atoms with Crippen molar-refractivity contribution < 1.29 is 9.18 Å². The molecule has 1 amide bonds. The van der Waals surface area contributed by atoms with Gasteiger partial charge in [0.25, 0.3) is 5.91 Å². The topological polar surface area (TPSA) is 66.3 Å². The summed E-state index contributed by atoms with van der Waals surface area (Å²) in [5, 5.41) is 6.90. The van der Waals surface area contributed by atoms with Crippen LogP contribution in [0.3, 0.4) is 0 Å². The van der Waals surface area contributed by atoms with Gasteiger partial charge in [0.2, 0.25) is 0 Å². The Morgan fingerprint density at radius 1 is 1.43 bits per heavy atom. The van der Waals surface area contributed by atoms with Crippen LogP contribution in [0.4, 0.5) is 10.2 Å². The lowest BCUT2D eigenvalue weighted by Gasteiger charge is -2.37. The van der Waals surface area contributed by atoms with Gasteiger partial charge in [0.15, 0.2) is 11.6 Å². The van der Waals surface area contributed by atoms with Gasteiger partial charge in [-0.05, 0) is 19.8 Å². The maximum atomic E-state index is 15.3. The summed E-state index contributed by atoms with van der Waals surface area (Å²) < 4.78 is 17.0. The number of hydrogen-bond acceptors (Lipinski definition) is 5. The van der Waals surface area contributed by atoms with Gasteiger partial charge < -0.3 is 15.1 Å². The predicted molar refractivity (Wildman–Crippen MR) is 104 cm³/mol. The number of amides is 1. The Hall–Kier alpha value is -3.08. The summed E-state index contributed by atoms with van der Waals surface area (Å²) in [5.41, 5.74) is 1.86. The number of likely N-dealkylation sites (tertiary alicyclic amines) is 1. The van der Waals surface area contributed by atoms with Crippen LogP contribution in [0.15, 0.2) is 12.4 Å². The van der Waals surface area contributed by atoms with E-state index in [1.807, 2.05) is 18.9 Å². The molecule has 4 rings (SSSR count). The number of aromatic nitrogens is 3. The normalized spacial score (nSPS) is 18.4. The molecule has 1 fully saturated rings. The van der Waals surface area contributed by atoms with Crippen LogP contribution in [-0.4, -0.2) is 51.8 Å². The van der Waals surface area contributed by atoms with E-state index in [4.69, 9.17) is 0 Å². The maximum Gasteiger partial charge on any atom is 0.254 e. The number of nitrogens with zero attached hydrogens (tertiary/aromatic N) is 5. The van der Waals surface area contributed by atoms with E-state index >= 15 is 4.39 Å². The minimum absolute atomic E-state index is 0.0986. The standard InChI is InChI=1S/C20H23FN6O/c1-4-7-27-8-5-6-14(12-27)26(3)19-17(21)15-10-22-20(28)16(15)18(24-19)13-9-23-25(2)11-13/h9,11,14H,5-6,8,10,12H2,1-3H3,(H,22,28). The van der Waals surface area contributed by atoms with Crippen molar-refractivity contribution in [2.75, 3.05) is 25.0 Å². The SMILES string of the molecule is CC#CN1CCCC(N(C)c2nc(-c3cnn(C)c3)c3c(c2F)CNC3=O)C1. The van der Waals surface area contributed by atoms with Crippen LogP contribution in [0.2, 0.25) is 0 Å². The van der Waals surface area contributed by atoms with Gasteiger partial charge in [-0.2, -0.15) is 5.10 Å². The number of fused-ring (bicyclic) bond motifs is 1. The Kier molecular flexibility index (Phi) is 4.67. The molecule has 0 spiro atoms. The van der Waals surface area contributed by atoms with Crippen molar-refractivity contribution in [1.82, 2.24) is 25.0 Å². The molecule has 2 aromatic rings. The molecule has 146 valence electrons. The third-order valence-corrected chi connectivity index (χ3v) is 5.40. The van der Waals surface area contributed by atoms with Gasteiger partial charge in [-0.3, -0.25) is 9.48 Å². The molecule has 0 aromatic carbocycles. The molecule has 0 aliphatic carbocycles. The van der Waals surface area contributed by atoms with Crippen molar-refractivity contribution in [2.45, 2.75) is 32.4 Å². The van der Waals surface area contributed by atoms with E-state index in [0.717, 1.165) is 25.9 Å². The zero-order valence-corrected chi connectivity index (χ0v) is 16.3. The summed E-state index contributed by atoms with van der Waals surface area (Å²) in [4.78, 5) is 20.9. The van der Waals surface area contributed by atoms with Crippen molar-refractivity contribution in [3.8, 4) is 23.2 Å². The molecule has 4 heterocycles. The predicted octanol–water partition coefficient (Wildman–Crippen LogP) is 1.75. The van der Waals surface area contributed by atoms with Crippen molar-refractivity contribution in [1.29, 1.82) is 0 Å². The fourth-order valence-corrected chi connectivity index (χ4v) is 3.96. The Bertz CT molecular complexity index is 989. The van der Waals surface area contributed by atoms with Crippen molar-refractivity contribution in [3.05, 3.63) is 29.3 Å². The Labute approximate surface area is 163 Å². The molecule has 1 saturated heterocycles. The molecule has 0 radical (unpaired) electrons. The van der Waals surface area contributed by atoms with Crippen LogP contribution < -0.4 is 10.2 Å². The van der Waals surface area contributed by atoms with E-state index in [2.05, 4.69) is 32.3 Å².